The highest BCUT2D eigenvalue weighted by atomic mass is 32.2. The number of hydrogen-bond donors (Lipinski definition) is 1. The average molecular weight is 368 g/mol. The van der Waals surface area contributed by atoms with Crippen LogP contribution in [0.25, 0.3) is 0 Å². The van der Waals surface area contributed by atoms with Crippen LogP contribution >= 0.6 is 0 Å². The molecule has 1 saturated heterocycles. The van der Waals surface area contributed by atoms with Gasteiger partial charge in [0.25, 0.3) is 5.91 Å². The number of carbonyl (C=O) groups is 1. The molecule has 2 rings (SSSR count). The lowest BCUT2D eigenvalue weighted by molar-refractivity contribution is 0.0573. The Hall–Kier alpha value is -1.44. The van der Waals surface area contributed by atoms with E-state index in [0.29, 0.717) is 30.1 Å². The molecule has 7 heteroatoms. The van der Waals surface area contributed by atoms with Gasteiger partial charge in [-0.15, -0.1) is 0 Å². The van der Waals surface area contributed by atoms with Gasteiger partial charge in [-0.1, -0.05) is 6.92 Å². The average Bonchev–Trinajstić information content (AvgIpc) is 2.55. The zero-order chi connectivity index (χ0) is 18.9. The normalized spacial score (nSPS) is 21.6. The Morgan fingerprint density at radius 3 is 2.52 bits per heavy atom. The molecule has 0 aromatic heterocycles. The van der Waals surface area contributed by atoms with Gasteiger partial charge in [-0.3, -0.25) is 4.79 Å². The Morgan fingerprint density at radius 1 is 1.32 bits per heavy atom. The van der Waals surface area contributed by atoms with Crippen LogP contribution < -0.4 is 5.73 Å². The van der Waals surface area contributed by atoms with Gasteiger partial charge in [0.05, 0.1) is 4.90 Å². The van der Waals surface area contributed by atoms with E-state index in [1.54, 1.807) is 17.9 Å². The first kappa shape index (κ1) is 19.9. The first-order chi connectivity index (χ1) is 11.6. The topological polar surface area (TPSA) is 83.7 Å². The van der Waals surface area contributed by atoms with Crippen molar-refractivity contribution in [2.45, 2.75) is 44.6 Å². The number of hydrogen-bond acceptors (Lipinski definition) is 4. The van der Waals surface area contributed by atoms with Gasteiger partial charge in [-0.2, -0.15) is 0 Å². The summed E-state index contributed by atoms with van der Waals surface area (Å²) in [5, 5.41) is 0. The van der Waals surface area contributed by atoms with Crippen molar-refractivity contribution in [2.24, 2.45) is 11.7 Å². The van der Waals surface area contributed by atoms with Gasteiger partial charge in [-0.25, -0.2) is 12.7 Å². The number of piperidine rings is 1. The lowest BCUT2D eigenvalue weighted by atomic mass is 9.91. The fourth-order valence-electron chi connectivity index (χ4n) is 3.32. The quantitative estimate of drug-likeness (QED) is 0.879. The zero-order valence-corrected chi connectivity index (χ0v) is 16.6. The van der Waals surface area contributed by atoms with Crippen molar-refractivity contribution in [3.05, 3.63) is 28.8 Å². The summed E-state index contributed by atoms with van der Waals surface area (Å²) in [6.07, 6.45) is 1.83. The third-order valence-corrected chi connectivity index (χ3v) is 7.08. The summed E-state index contributed by atoms with van der Waals surface area (Å²) in [4.78, 5) is 15.0. The molecule has 0 bridgehead atoms. The maximum atomic E-state index is 13.1. The van der Waals surface area contributed by atoms with E-state index >= 15 is 0 Å². The Morgan fingerprint density at radius 2 is 1.96 bits per heavy atom. The van der Waals surface area contributed by atoms with Crippen LogP contribution in [0.15, 0.2) is 17.0 Å². The molecule has 1 amide bonds. The van der Waals surface area contributed by atoms with Crippen LogP contribution in [0.5, 0.6) is 0 Å². The molecule has 0 spiro atoms. The molecule has 25 heavy (non-hydrogen) atoms. The highest BCUT2D eigenvalue weighted by Crippen LogP contribution is 2.27. The molecule has 1 aromatic rings. The summed E-state index contributed by atoms with van der Waals surface area (Å²) in [6, 6.07) is 3.29. The van der Waals surface area contributed by atoms with Gasteiger partial charge in [0.15, 0.2) is 0 Å². The Kier molecular flexibility index (Phi) is 5.91. The van der Waals surface area contributed by atoms with E-state index in [2.05, 4.69) is 6.92 Å². The molecular formula is C18H29N3O3S. The number of carbonyl (C=O) groups excluding carboxylic acids is 1. The molecule has 1 aliphatic rings. The van der Waals surface area contributed by atoms with Crippen LogP contribution in [0, 0.1) is 19.8 Å². The number of nitrogens with two attached hydrogens (primary N) is 1. The van der Waals surface area contributed by atoms with Crippen molar-refractivity contribution in [3.63, 3.8) is 0 Å². The second-order valence-electron chi connectivity index (χ2n) is 7.22. The Bertz CT molecular complexity index is 759. The van der Waals surface area contributed by atoms with Gasteiger partial charge in [0.1, 0.15) is 0 Å². The number of likely N-dealkylation sites (tertiary alicyclic amines) is 1. The maximum absolute atomic E-state index is 13.1. The SMILES string of the molecule is Cc1cc(C(=O)N2CCC(C)CC2CN)cc(S(=O)(=O)N(C)C)c1C. The molecule has 1 aromatic carbocycles. The number of amides is 1. The summed E-state index contributed by atoms with van der Waals surface area (Å²) in [7, 11) is -0.617. The van der Waals surface area contributed by atoms with Crippen molar-refractivity contribution in [1.29, 1.82) is 0 Å². The molecule has 1 heterocycles. The molecular weight excluding hydrogens is 338 g/mol. The van der Waals surface area contributed by atoms with E-state index in [4.69, 9.17) is 5.73 Å². The summed E-state index contributed by atoms with van der Waals surface area (Å²) < 4.78 is 26.4. The number of benzene rings is 1. The number of rotatable bonds is 4. The number of sulfonamides is 1. The van der Waals surface area contributed by atoms with Crippen LogP contribution in [-0.4, -0.2) is 56.8 Å². The lowest BCUT2D eigenvalue weighted by Crippen LogP contribution is -2.49. The summed E-state index contributed by atoms with van der Waals surface area (Å²) >= 11 is 0. The highest BCUT2D eigenvalue weighted by molar-refractivity contribution is 7.89. The minimum Gasteiger partial charge on any atom is -0.334 e. The van der Waals surface area contributed by atoms with Gasteiger partial charge in [0, 0.05) is 38.8 Å². The number of aryl methyl sites for hydroxylation is 1. The second-order valence-corrected chi connectivity index (χ2v) is 9.34. The molecule has 140 valence electrons. The zero-order valence-electron chi connectivity index (χ0n) is 15.7. The Balaban J connectivity index is 2.46. The molecule has 2 unspecified atom stereocenters. The summed E-state index contributed by atoms with van der Waals surface area (Å²) in [5.41, 5.74) is 7.75. The van der Waals surface area contributed by atoms with Gasteiger partial charge in [-0.05, 0) is 55.9 Å². The Labute approximate surface area is 151 Å². The lowest BCUT2D eigenvalue weighted by Gasteiger charge is -2.38. The predicted octanol–water partition coefficient (Wildman–Crippen LogP) is 1.75. The monoisotopic (exact) mass is 367 g/mol. The van der Waals surface area contributed by atoms with Crippen LogP contribution in [0.1, 0.15) is 41.3 Å². The van der Waals surface area contributed by atoms with Crippen LogP contribution in [0.3, 0.4) is 0 Å². The van der Waals surface area contributed by atoms with E-state index in [-0.39, 0.29) is 16.8 Å². The molecule has 6 nitrogen and oxygen atoms in total. The number of nitrogens with zero attached hydrogens (tertiary/aromatic N) is 2. The first-order valence-corrected chi connectivity index (χ1v) is 10.1. The van der Waals surface area contributed by atoms with E-state index in [0.717, 1.165) is 18.4 Å². The van der Waals surface area contributed by atoms with Crippen molar-refractivity contribution in [1.82, 2.24) is 9.21 Å². The minimum absolute atomic E-state index is 0.00626. The largest absolute Gasteiger partial charge is 0.334 e. The van der Waals surface area contributed by atoms with Crippen LogP contribution in [0.4, 0.5) is 0 Å². The molecule has 1 fully saturated rings. The maximum Gasteiger partial charge on any atom is 0.254 e. The fourth-order valence-corrected chi connectivity index (χ4v) is 4.54. The van der Waals surface area contributed by atoms with Crippen LogP contribution in [-0.2, 0) is 10.0 Å². The second kappa shape index (κ2) is 7.43. The van der Waals surface area contributed by atoms with E-state index in [1.807, 2.05) is 6.92 Å². The van der Waals surface area contributed by atoms with E-state index in [1.165, 1.54) is 24.5 Å². The summed E-state index contributed by atoms with van der Waals surface area (Å²) in [5.74, 6) is 0.405. The van der Waals surface area contributed by atoms with Crippen molar-refractivity contribution < 1.29 is 13.2 Å². The third-order valence-electron chi connectivity index (χ3n) is 5.14. The molecule has 2 atom stereocenters. The molecule has 0 radical (unpaired) electrons. The van der Waals surface area contributed by atoms with Crippen molar-refractivity contribution in [3.8, 4) is 0 Å². The highest BCUT2D eigenvalue weighted by Gasteiger charge is 2.31. The summed E-state index contributed by atoms with van der Waals surface area (Å²) in [6.45, 7) is 6.85. The molecule has 1 aliphatic heterocycles. The predicted molar refractivity (Wildman–Crippen MR) is 99.1 cm³/mol. The third kappa shape index (κ3) is 3.88. The minimum atomic E-state index is -3.61. The fraction of sp³-hybridized carbons (Fsp3) is 0.611. The first-order valence-electron chi connectivity index (χ1n) is 8.64. The standard InChI is InChI=1S/C18H29N3O3S/c1-12-6-7-21(16(8-12)11-19)18(22)15-9-13(2)14(3)17(10-15)25(23,24)20(4)5/h9-10,12,16H,6-8,11,19H2,1-5H3. The van der Waals surface area contributed by atoms with Gasteiger partial charge < -0.3 is 10.6 Å². The van der Waals surface area contributed by atoms with Gasteiger partial charge >= 0.3 is 0 Å². The van der Waals surface area contributed by atoms with E-state index < -0.39 is 10.0 Å². The van der Waals surface area contributed by atoms with Crippen LogP contribution in [0.2, 0.25) is 0 Å². The molecule has 0 saturated carbocycles. The van der Waals surface area contributed by atoms with Crippen molar-refractivity contribution in [2.75, 3.05) is 27.2 Å². The molecule has 2 N–H and O–H groups in total. The van der Waals surface area contributed by atoms with Gasteiger partial charge in [0.2, 0.25) is 10.0 Å². The smallest absolute Gasteiger partial charge is 0.254 e. The van der Waals surface area contributed by atoms with E-state index in [9.17, 15) is 13.2 Å². The molecule has 0 aliphatic carbocycles. The van der Waals surface area contributed by atoms with Crippen molar-refractivity contribution >= 4 is 15.9 Å².